The number of carbonyl (C=O) groups is 1. The Morgan fingerprint density at radius 3 is 2.52 bits per heavy atom. The number of amides is 1. The maximum Gasteiger partial charge on any atom is 0.330 e. The molecule has 3 aromatic rings. The maximum absolute atomic E-state index is 12.0. The first kappa shape index (κ1) is 13.4. The van der Waals surface area contributed by atoms with Crippen LogP contribution in [0.25, 0.3) is 5.69 Å². The lowest BCUT2D eigenvalue weighted by Gasteiger charge is -2.05. The molecule has 0 atom stereocenters. The molecule has 0 saturated heterocycles. The van der Waals surface area contributed by atoms with Crippen LogP contribution in [0, 0.1) is 0 Å². The van der Waals surface area contributed by atoms with Gasteiger partial charge in [0.2, 0.25) is 0 Å². The van der Waals surface area contributed by atoms with Crippen LogP contribution >= 0.6 is 15.9 Å². The van der Waals surface area contributed by atoms with Gasteiger partial charge in [-0.3, -0.25) is 9.36 Å². The van der Waals surface area contributed by atoms with Crippen molar-refractivity contribution in [2.75, 3.05) is 5.32 Å². The Hall–Kier alpha value is -2.54. The van der Waals surface area contributed by atoms with Gasteiger partial charge < -0.3 is 15.3 Å². The summed E-state index contributed by atoms with van der Waals surface area (Å²) in [6, 6.07) is 8.70. The lowest BCUT2D eigenvalue weighted by molar-refractivity contribution is 0.102. The molecule has 1 aromatic carbocycles. The van der Waals surface area contributed by atoms with E-state index in [1.165, 1.54) is 4.57 Å². The van der Waals surface area contributed by atoms with E-state index in [4.69, 9.17) is 0 Å². The normalized spacial score (nSPS) is 10.5. The molecule has 7 heteroatoms. The number of nitrogens with zero attached hydrogens (tertiary/aromatic N) is 1. The summed E-state index contributed by atoms with van der Waals surface area (Å²) in [6.07, 6.45) is 4.91. The molecule has 0 saturated carbocycles. The van der Waals surface area contributed by atoms with Gasteiger partial charge in [-0.15, -0.1) is 0 Å². The van der Waals surface area contributed by atoms with E-state index < -0.39 is 0 Å². The fourth-order valence-electron chi connectivity index (χ4n) is 1.93. The summed E-state index contributed by atoms with van der Waals surface area (Å²) in [7, 11) is 0. The van der Waals surface area contributed by atoms with Gasteiger partial charge in [0.15, 0.2) is 0 Å². The minimum absolute atomic E-state index is 0.206. The first-order chi connectivity index (χ1) is 10.1. The number of aromatic nitrogens is 3. The molecule has 21 heavy (non-hydrogen) atoms. The highest BCUT2D eigenvalue weighted by molar-refractivity contribution is 9.10. The molecular weight excluding hydrogens is 336 g/mol. The van der Waals surface area contributed by atoms with E-state index >= 15 is 0 Å². The van der Waals surface area contributed by atoms with Gasteiger partial charge in [-0.1, -0.05) is 0 Å². The van der Waals surface area contributed by atoms with Crippen molar-refractivity contribution < 1.29 is 4.79 Å². The number of hydrogen-bond acceptors (Lipinski definition) is 2. The molecule has 2 heterocycles. The third-order valence-corrected chi connectivity index (χ3v) is 3.40. The Morgan fingerprint density at radius 1 is 1.19 bits per heavy atom. The molecule has 0 aliphatic rings. The number of benzene rings is 1. The smallest absolute Gasteiger partial charge is 0.330 e. The second-order valence-electron chi connectivity index (χ2n) is 4.37. The molecule has 3 N–H and O–H groups in total. The molecule has 0 aliphatic carbocycles. The van der Waals surface area contributed by atoms with E-state index in [2.05, 4.69) is 31.2 Å². The van der Waals surface area contributed by atoms with Gasteiger partial charge in [0.1, 0.15) is 5.69 Å². The highest BCUT2D eigenvalue weighted by Gasteiger charge is 2.08. The van der Waals surface area contributed by atoms with E-state index in [-0.39, 0.29) is 11.6 Å². The largest absolute Gasteiger partial charge is 0.356 e. The first-order valence-electron chi connectivity index (χ1n) is 6.15. The Bertz CT molecular complexity index is 829. The van der Waals surface area contributed by atoms with E-state index in [1.807, 2.05) is 0 Å². The average Bonchev–Trinajstić information content (AvgIpc) is 3.08. The Morgan fingerprint density at radius 2 is 1.95 bits per heavy atom. The van der Waals surface area contributed by atoms with E-state index in [0.717, 1.165) is 10.2 Å². The van der Waals surface area contributed by atoms with Gasteiger partial charge in [0.25, 0.3) is 5.91 Å². The molecule has 0 radical (unpaired) electrons. The van der Waals surface area contributed by atoms with Crippen LogP contribution in [0.2, 0.25) is 0 Å². The van der Waals surface area contributed by atoms with Gasteiger partial charge in [0, 0.05) is 28.8 Å². The van der Waals surface area contributed by atoms with Gasteiger partial charge in [-0.05, 0) is 46.3 Å². The van der Waals surface area contributed by atoms with Crippen molar-refractivity contribution in [1.82, 2.24) is 14.5 Å². The zero-order valence-corrected chi connectivity index (χ0v) is 12.3. The van der Waals surface area contributed by atoms with Crippen LogP contribution in [0.3, 0.4) is 0 Å². The monoisotopic (exact) mass is 346 g/mol. The molecule has 0 bridgehead atoms. The summed E-state index contributed by atoms with van der Waals surface area (Å²) in [6.45, 7) is 0. The van der Waals surface area contributed by atoms with Gasteiger partial charge in [0.05, 0.1) is 5.69 Å². The maximum atomic E-state index is 12.0. The predicted octanol–water partition coefficient (Wildman–Crippen LogP) is 2.51. The van der Waals surface area contributed by atoms with E-state index in [1.54, 1.807) is 48.9 Å². The number of imidazole rings is 1. The summed E-state index contributed by atoms with van der Waals surface area (Å²) in [5, 5.41) is 2.77. The fraction of sp³-hybridized carbons (Fsp3) is 0. The van der Waals surface area contributed by atoms with Crippen molar-refractivity contribution in [1.29, 1.82) is 0 Å². The lowest BCUT2D eigenvalue weighted by Crippen LogP contribution is -2.14. The van der Waals surface area contributed by atoms with Crippen molar-refractivity contribution >= 4 is 27.5 Å². The summed E-state index contributed by atoms with van der Waals surface area (Å²) >= 11 is 3.28. The van der Waals surface area contributed by atoms with Gasteiger partial charge in [-0.2, -0.15) is 0 Å². The zero-order chi connectivity index (χ0) is 14.8. The third kappa shape index (κ3) is 2.82. The van der Waals surface area contributed by atoms with Crippen LogP contribution < -0.4 is 11.0 Å². The van der Waals surface area contributed by atoms with Crippen LogP contribution in [0.15, 0.2) is 58.2 Å². The molecule has 0 spiro atoms. The highest BCUT2D eigenvalue weighted by Crippen LogP contribution is 2.15. The molecule has 3 rings (SSSR count). The quantitative estimate of drug-likeness (QED) is 0.680. The van der Waals surface area contributed by atoms with Crippen LogP contribution in [-0.4, -0.2) is 20.4 Å². The number of halogens is 1. The molecule has 0 aliphatic heterocycles. The van der Waals surface area contributed by atoms with Crippen LogP contribution in [0.4, 0.5) is 5.69 Å². The zero-order valence-electron chi connectivity index (χ0n) is 10.8. The Kier molecular flexibility index (Phi) is 3.49. The van der Waals surface area contributed by atoms with Crippen molar-refractivity contribution in [3.63, 3.8) is 0 Å². The number of anilines is 1. The fourth-order valence-corrected chi connectivity index (χ4v) is 2.27. The van der Waals surface area contributed by atoms with Gasteiger partial charge in [-0.25, -0.2) is 4.79 Å². The minimum atomic E-state index is -0.229. The number of nitrogens with one attached hydrogen (secondary N) is 3. The third-order valence-electron chi connectivity index (χ3n) is 2.94. The second kappa shape index (κ2) is 5.45. The van der Waals surface area contributed by atoms with E-state index in [9.17, 15) is 9.59 Å². The number of hydrogen-bond donors (Lipinski definition) is 3. The minimum Gasteiger partial charge on any atom is -0.356 e. The predicted molar refractivity (Wildman–Crippen MR) is 82.8 cm³/mol. The first-order valence-corrected chi connectivity index (χ1v) is 6.94. The summed E-state index contributed by atoms with van der Waals surface area (Å²) in [5.74, 6) is -0.229. The summed E-state index contributed by atoms with van der Waals surface area (Å²) in [5.41, 5.74) is 1.63. The molecule has 1 amide bonds. The summed E-state index contributed by atoms with van der Waals surface area (Å²) in [4.78, 5) is 28.9. The number of rotatable bonds is 3. The van der Waals surface area contributed by atoms with E-state index in [0.29, 0.717) is 11.4 Å². The lowest BCUT2D eigenvalue weighted by atomic mass is 10.2. The number of H-pyrrole nitrogens is 2. The summed E-state index contributed by atoms with van der Waals surface area (Å²) < 4.78 is 2.29. The molecule has 6 nitrogen and oxygen atoms in total. The van der Waals surface area contributed by atoms with Crippen LogP contribution in [0.1, 0.15) is 10.5 Å². The number of aromatic amines is 2. The Labute approximate surface area is 127 Å². The van der Waals surface area contributed by atoms with Crippen molar-refractivity contribution in [2.45, 2.75) is 0 Å². The molecule has 106 valence electrons. The number of carbonyl (C=O) groups excluding carboxylic acids is 1. The van der Waals surface area contributed by atoms with Crippen molar-refractivity contribution in [2.24, 2.45) is 0 Å². The van der Waals surface area contributed by atoms with Crippen LogP contribution in [0.5, 0.6) is 0 Å². The SMILES string of the molecule is O=C(Nc1ccc(-n2cc[nH]c2=O)cc1)c1cc(Br)c[nH]1. The Balaban J connectivity index is 1.77. The topological polar surface area (TPSA) is 82.7 Å². The molecule has 2 aromatic heterocycles. The van der Waals surface area contributed by atoms with Crippen LogP contribution in [-0.2, 0) is 0 Å². The molecule has 0 fully saturated rings. The average molecular weight is 347 g/mol. The molecule has 0 unspecified atom stereocenters. The van der Waals surface area contributed by atoms with Crippen molar-refractivity contribution in [3.05, 3.63) is 69.6 Å². The standard InChI is InChI=1S/C14H11BrN4O2/c15-9-7-12(17-8-9)13(20)18-10-1-3-11(4-2-10)19-6-5-16-14(19)21/h1-8,17H,(H,16,21)(H,18,20). The van der Waals surface area contributed by atoms with Crippen molar-refractivity contribution in [3.8, 4) is 5.69 Å². The second-order valence-corrected chi connectivity index (χ2v) is 5.28. The van der Waals surface area contributed by atoms with Gasteiger partial charge >= 0.3 is 5.69 Å². The molecular formula is C14H11BrN4O2. The highest BCUT2D eigenvalue weighted by atomic mass is 79.9.